The molecular weight excluding hydrogens is 344 g/mol. The predicted octanol–water partition coefficient (Wildman–Crippen LogP) is 3.06. The fourth-order valence-electron chi connectivity index (χ4n) is 3.01. The number of rotatable bonds is 8. The number of hydrogen-bond donors (Lipinski definition) is 2. The van der Waals surface area contributed by atoms with Crippen molar-refractivity contribution in [3.63, 3.8) is 0 Å². The summed E-state index contributed by atoms with van der Waals surface area (Å²) in [5, 5.41) is 7.25. The molecule has 3 N–H and O–H groups in total. The standard InChI is InChI=1S/C20H28N4O3/c1-5-20(6-2,13-21)19(26)23-15-9-8-10-16(11-15)24-14(4)17(12-22-24)18(25)27-7-3/h8-12H,5-7,13,21H2,1-4H3,(H,23,26). The van der Waals surface area contributed by atoms with Gasteiger partial charge in [0.2, 0.25) is 5.91 Å². The second kappa shape index (κ2) is 8.81. The van der Waals surface area contributed by atoms with E-state index < -0.39 is 11.4 Å². The van der Waals surface area contributed by atoms with E-state index in [4.69, 9.17) is 10.5 Å². The highest BCUT2D eigenvalue weighted by Crippen LogP contribution is 2.27. The van der Waals surface area contributed by atoms with Crippen LogP contribution in [-0.2, 0) is 9.53 Å². The third-order valence-corrected chi connectivity index (χ3v) is 5.08. The molecule has 0 saturated heterocycles. The van der Waals surface area contributed by atoms with Crippen LogP contribution in [0.3, 0.4) is 0 Å². The summed E-state index contributed by atoms with van der Waals surface area (Å²) in [5.74, 6) is -0.485. The van der Waals surface area contributed by atoms with Crippen LogP contribution < -0.4 is 11.1 Å². The van der Waals surface area contributed by atoms with Gasteiger partial charge < -0.3 is 15.8 Å². The molecule has 0 unspecified atom stereocenters. The molecule has 7 nitrogen and oxygen atoms in total. The minimum absolute atomic E-state index is 0.0865. The summed E-state index contributed by atoms with van der Waals surface area (Å²) in [6.07, 6.45) is 2.84. The number of aromatic nitrogens is 2. The molecule has 2 rings (SSSR count). The molecule has 1 aromatic carbocycles. The van der Waals surface area contributed by atoms with Crippen LogP contribution in [0.4, 0.5) is 5.69 Å². The van der Waals surface area contributed by atoms with E-state index in [1.54, 1.807) is 18.5 Å². The largest absolute Gasteiger partial charge is 0.462 e. The Bertz CT molecular complexity index is 801. The quantitative estimate of drug-likeness (QED) is 0.694. The summed E-state index contributed by atoms with van der Waals surface area (Å²) < 4.78 is 6.70. The minimum Gasteiger partial charge on any atom is -0.462 e. The summed E-state index contributed by atoms with van der Waals surface area (Å²) >= 11 is 0. The molecule has 0 fully saturated rings. The Morgan fingerprint density at radius 2 is 1.96 bits per heavy atom. The zero-order valence-corrected chi connectivity index (χ0v) is 16.4. The second-order valence-corrected chi connectivity index (χ2v) is 6.47. The lowest BCUT2D eigenvalue weighted by Gasteiger charge is -2.28. The van der Waals surface area contributed by atoms with Crippen molar-refractivity contribution in [2.45, 2.75) is 40.5 Å². The number of anilines is 1. The van der Waals surface area contributed by atoms with Crippen molar-refractivity contribution in [2.24, 2.45) is 11.1 Å². The maximum atomic E-state index is 12.7. The van der Waals surface area contributed by atoms with Gasteiger partial charge in [-0.3, -0.25) is 4.79 Å². The van der Waals surface area contributed by atoms with Crippen molar-refractivity contribution in [1.29, 1.82) is 0 Å². The zero-order valence-electron chi connectivity index (χ0n) is 16.4. The van der Waals surface area contributed by atoms with Crippen molar-refractivity contribution in [3.8, 4) is 5.69 Å². The Hall–Kier alpha value is -2.67. The number of ether oxygens (including phenoxy) is 1. The summed E-state index contributed by atoms with van der Waals surface area (Å²) in [5.41, 5.74) is 7.78. The van der Waals surface area contributed by atoms with E-state index in [1.165, 1.54) is 6.20 Å². The van der Waals surface area contributed by atoms with Crippen LogP contribution >= 0.6 is 0 Å². The maximum absolute atomic E-state index is 12.7. The van der Waals surface area contributed by atoms with Crippen LogP contribution in [0.25, 0.3) is 5.69 Å². The average molecular weight is 372 g/mol. The van der Waals surface area contributed by atoms with E-state index in [9.17, 15) is 9.59 Å². The van der Waals surface area contributed by atoms with Crippen LogP contribution in [0.2, 0.25) is 0 Å². The zero-order chi connectivity index (χ0) is 20.0. The van der Waals surface area contributed by atoms with Crippen LogP contribution in [-0.4, -0.2) is 34.8 Å². The first kappa shape index (κ1) is 20.6. The molecular formula is C20H28N4O3. The maximum Gasteiger partial charge on any atom is 0.341 e. The van der Waals surface area contributed by atoms with E-state index in [1.807, 2.05) is 38.1 Å². The topological polar surface area (TPSA) is 99.2 Å². The van der Waals surface area contributed by atoms with Gasteiger partial charge in [0.25, 0.3) is 0 Å². The highest BCUT2D eigenvalue weighted by atomic mass is 16.5. The molecule has 0 aliphatic rings. The van der Waals surface area contributed by atoms with Crippen molar-refractivity contribution < 1.29 is 14.3 Å². The highest BCUT2D eigenvalue weighted by molar-refractivity contribution is 5.95. The van der Waals surface area contributed by atoms with Gasteiger partial charge in [0.1, 0.15) is 5.56 Å². The molecule has 146 valence electrons. The number of hydrogen-bond acceptors (Lipinski definition) is 5. The molecule has 2 aromatic rings. The van der Waals surface area contributed by atoms with Gasteiger partial charge in [0.15, 0.2) is 0 Å². The Labute approximate surface area is 159 Å². The van der Waals surface area contributed by atoms with E-state index >= 15 is 0 Å². The lowest BCUT2D eigenvalue weighted by atomic mass is 9.81. The lowest BCUT2D eigenvalue weighted by Crippen LogP contribution is -2.41. The molecule has 27 heavy (non-hydrogen) atoms. The number of nitrogens with zero attached hydrogens (tertiary/aromatic N) is 2. The number of benzene rings is 1. The number of carbonyl (C=O) groups excluding carboxylic acids is 2. The van der Waals surface area contributed by atoms with Crippen molar-refractivity contribution in [1.82, 2.24) is 9.78 Å². The molecule has 0 aliphatic heterocycles. The molecule has 1 heterocycles. The number of nitrogens with two attached hydrogens (primary N) is 1. The molecule has 0 radical (unpaired) electrons. The minimum atomic E-state index is -0.575. The third-order valence-electron chi connectivity index (χ3n) is 5.08. The van der Waals surface area contributed by atoms with E-state index in [-0.39, 0.29) is 5.91 Å². The van der Waals surface area contributed by atoms with Crippen LogP contribution in [0.15, 0.2) is 30.5 Å². The molecule has 1 amide bonds. The molecule has 0 spiro atoms. The fourth-order valence-corrected chi connectivity index (χ4v) is 3.01. The van der Waals surface area contributed by atoms with E-state index in [0.717, 1.165) is 5.69 Å². The molecule has 7 heteroatoms. The van der Waals surface area contributed by atoms with Gasteiger partial charge in [-0.1, -0.05) is 19.9 Å². The smallest absolute Gasteiger partial charge is 0.341 e. The average Bonchev–Trinajstić information content (AvgIpc) is 3.05. The SMILES string of the molecule is CCOC(=O)c1cnn(-c2cccc(NC(=O)C(CC)(CC)CN)c2)c1C. The molecule has 0 aliphatic carbocycles. The summed E-state index contributed by atoms with van der Waals surface area (Å²) in [6, 6.07) is 7.33. The number of esters is 1. The third kappa shape index (κ3) is 4.19. The Balaban J connectivity index is 2.29. The molecule has 0 saturated carbocycles. The first-order chi connectivity index (χ1) is 12.9. The molecule has 0 atom stereocenters. The summed E-state index contributed by atoms with van der Waals surface area (Å²) in [4.78, 5) is 24.7. The number of carbonyl (C=O) groups is 2. The van der Waals surface area contributed by atoms with Gasteiger partial charge >= 0.3 is 5.97 Å². The van der Waals surface area contributed by atoms with E-state index in [0.29, 0.717) is 42.9 Å². The van der Waals surface area contributed by atoms with Crippen LogP contribution in [0.1, 0.15) is 49.7 Å². The van der Waals surface area contributed by atoms with Crippen molar-refractivity contribution in [3.05, 3.63) is 41.7 Å². The summed E-state index contributed by atoms with van der Waals surface area (Å²) in [6.45, 7) is 8.11. The Morgan fingerprint density at radius 1 is 1.26 bits per heavy atom. The van der Waals surface area contributed by atoms with Gasteiger partial charge in [0.05, 0.1) is 29.6 Å². The highest BCUT2D eigenvalue weighted by Gasteiger charge is 2.33. The van der Waals surface area contributed by atoms with Crippen molar-refractivity contribution in [2.75, 3.05) is 18.5 Å². The predicted molar refractivity (Wildman–Crippen MR) is 105 cm³/mol. The van der Waals surface area contributed by atoms with Crippen molar-refractivity contribution >= 4 is 17.6 Å². The van der Waals surface area contributed by atoms with Crippen LogP contribution in [0, 0.1) is 12.3 Å². The first-order valence-electron chi connectivity index (χ1n) is 9.26. The molecule has 1 aromatic heterocycles. The summed E-state index contributed by atoms with van der Waals surface area (Å²) in [7, 11) is 0. The Morgan fingerprint density at radius 3 is 2.56 bits per heavy atom. The monoisotopic (exact) mass is 372 g/mol. The Kier molecular flexibility index (Phi) is 6.74. The van der Waals surface area contributed by atoms with Gasteiger partial charge in [-0.25, -0.2) is 9.48 Å². The van der Waals surface area contributed by atoms with Gasteiger partial charge in [-0.15, -0.1) is 0 Å². The lowest BCUT2D eigenvalue weighted by molar-refractivity contribution is -0.125. The number of amides is 1. The van der Waals surface area contributed by atoms with Gasteiger partial charge in [-0.2, -0.15) is 5.10 Å². The molecule has 0 bridgehead atoms. The van der Waals surface area contributed by atoms with Gasteiger partial charge in [0, 0.05) is 12.2 Å². The fraction of sp³-hybridized carbons (Fsp3) is 0.450. The second-order valence-electron chi connectivity index (χ2n) is 6.47. The first-order valence-corrected chi connectivity index (χ1v) is 9.26. The van der Waals surface area contributed by atoms with Gasteiger partial charge in [-0.05, 0) is 44.9 Å². The van der Waals surface area contributed by atoms with Crippen LogP contribution in [0.5, 0.6) is 0 Å². The number of nitrogens with one attached hydrogen (secondary N) is 1. The normalized spacial score (nSPS) is 11.3. The van der Waals surface area contributed by atoms with E-state index in [2.05, 4.69) is 10.4 Å².